The van der Waals surface area contributed by atoms with E-state index >= 15 is 0 Å². The quantitative estimate of drug-likeness (QED) is 0.688. The Balaban J connectivity index is 0. The first-order valence-corrected chi connectivity index (χ1v) is 4.83. The lowest BCUT2D eigenvalue weighted by Crippen LogP contribution is -2.01. The molecule has 0 saturated carbocycles. The molecule has 0 aromatic rings. The molecule has 0 aromatic heterocycles. The van der Waals surface area contributed by atoms with Crippen molar-refractivity contribution in [1.29, 1.82) is 0 Å². The van der Waals surface area contributed by atoms with Gasteiger partial charge in [-0.2, -0.15) is 0 Å². The minimum Gasteiger partial charge on any atom is -0.396 e. The molecule has 12 heavy (non-hydrogen) atoms. The predicted octanol–water partition coefficient (Wildman–Crippen LogP) is 2.05. The molecule has 0 spiro atoms. The van der Waals surface area contributed by atoms with Gasteiger partial charge < -0.3 is 10.2 Å². The molecule has 0 aliphatic heterocycles. The van der Waals surface area contributed by atoms with Crippen molar-refractivity contribution in [3.05, 3.63) is 0 Å². The third kappa shape index (κ3) is 12.6. The first-order valence-electron chi connectivity index (χ1n) is 4.83. The highest BCUT2D eigenvalue weighted by Gasteiger charge is 1.97. The van der Waals surface area contributed by atoms with Gasteiger partial charge in [-0.15, -0.1) is 0 Å². The van der Waals surface area contributed by atoms with E-state index in [9.17, 15) is 0 Å². The van der Waals surface area contributed by atoms with Gasteiger partial charge in [-0.25, -0.2) is 0 Å². The fourth-order valence-electron chi connectivity index (χ4n) is 0.547. The van der Waals surface area contributed by atoms with E-state index in [1.807, 2.05) is 13.8 Å². The van der Waals surface area contributed by atoms with Crippen LogP contribution < -0.4 is 0 Å². The van der Waals surface area contributed by atoms with Crippen LogP contribution in [0.3, 0.4) is 0 Å². The van der Waals surface area contributed by atoms with E-state index in [2.05, 4.69) is 13.8 Å². The number of hydrogen-bond donors (Lipinski definition) is 2. The Kier molecular flexibility index (Phi) is 13.1. The van der Waals surface area contributed by atoms with Gasteiger partial charge in [0.1, 0.15) is 0 Å². The SMILES string of the molecule is CC(C)CO.CCC(CC)CO. The average molecular weight is 176 g/mol. The smallest absolute Gasteiger partial charge is 0.0459 e. The Bertz CT molecular complexity index is 62.7. The highest BCUT2D eigenvalue weighted by atomic mass is 16.3. The zero-order valence-electron chi connectivity index (χ0n) is 8.88. The van der Waals surface area contributed by atoms with Crippen LogP contribution in [0.2, 0.25) is 0 Å². The molecule has 0 aliphatic carbocycles. The van der Waals surface area contributed by atoms with E-state index in [1.54, 1.807) is 0 Å². The predicted molar refractivity (Wildman–Crippen MR) is 53.1 cm³/mol. The molecule has 0 atom stereocenters. The molecular weight excluding hydrogens is 152 g/mol. The molecule has 0 rings (SSSR count). The lowest BCUT2D eigenvalue weighted by molar-refractivity contribution is 0.219. The highest BCUT2D eigenvalue weighted by molar-refractivity contribution is 4.48. The van der Waals surface area contributed by atoms with Crippen LogP contribution >= 0.6 is 0 Å². The normalized spacial score (nSPS) is 10.0. The molecular formula is C10H24O2. The van der Waals surface area contributed by atoms with Crippen LogP contribution in [-0.2, 0) is 0 Å². The standard InChI is InChI=1S/C6H14O.C4H10O/c1-3-6(4-2)5-7;1-4(2)3-5/h6-7H,3-5H2,1-2H3;4-5H,3H2,1-2H3. The van der Waals surface area contributed by atoms with Gasteiger partial charge in [-0.3, -0.25) is 0 Å². The first kappa shape index (κ1) is 14.4. The largest absolute Gasteiger partial charge is 0.396 e. The first-order chi connectivity index (χ1) is 5.62. The summed E-state index contributed by atoms with van der Waals surface area (Å²) in [6.07, 6.45) is 2.21. The maximum absolute atomic E-state index is 8.53. The van der Waals surface area contributed by atoms with Crippen molar-refractivity contribution >= 4 is 0 Å². The van der Waals surface area contributed by atoms with Crippen molar-refractivity contribution in [3.63, 3.8) is 0 Å². The van der Waals surface area contributed by atoms with Gasteiger partial charge in [0.2, 0.25) is 0 Å². The second kappa shape index (κ2) is 10.9. The van der Waals surface area contributed by atoms with Gasteiger partial charge in [0.25, 0.3) is 0 Å². The maximum Gasteiger partial charge on any atom is 0.0459 e. The summed E-state index contributed by atoms with van der Waals surface area (Å²) in [6.45, 7) is 8.81. The number of aliphatic hydroxyl groups excluding tert-OH is 2. The van der Waals surface area contributed by atoms with E-state index in [0.29, 0.717) is 25.0 Å². The summed E-state index contributed by atoms with van der Waals surface area (Å²) in [5.41, 5.74) is 0. The van der Waals surface area contributed by atoms with Crippen LogP contribution in [0, 0.1) is 11.8 Å². The fourth-order valence-corrected chi connectivity index (χ4v) is 0.547. The van der Waals surface area contributed by atoms with Gasteiger partial charge in [0.15, 0.2) is 0 Å². The third-order valence-electron chi connectivity index (χ3n) is 1.78. The lowest BCUT2D eigenvalue weighted by atomic mass is 10.1. The van der Waals surface area contributed by atoms with Gasteiger partial charge in [-0.1, -0.05) is 40.5 Å². The molecule has 0 heterocycles. The topological polar surface area (TPSA) is 40.5 Å². The van der Waals surface area contributed by atoms with Gasteiger partial charge in [-0.05, 0) is 11.8 Å². The number of rotatable bonds is 4. The molecule has 2 N–H and O–H groups in total. The minimum absolute atomic E-state index is 0.306. The van der Waals surface area contributed by atoms with Crippen LogP contribution in [0.1, 0.15) is 40.5 Å². The van der Waals surface area contributed by atoms with Crippen molar-refractivity contribution in [2.75, 3.05) is 13.2 Å². The van der Waals surface area contributed by atoms with Gasteiger partial charge in [0, 0.05) is 13.2 Å². The molecule has 2 nitrogen and oxygen atoms in total. The molecule has 0 amide bonds. The summed E-state index contributed by atoms with van der Waals surface area (Å²) in [7, 11) is 0. The van der Waals surface area contributed by atoms with Crippen LogP contribution in [-0.4, -0.2) is 23.4 Å². The van der Waals surface area contributed by atoms with Crippen molar-refractivity contribution in [3.8, 4) is 0 Å². The molecule has 0 radical (unpaired) electrons. The maximum atomic E-state index is 8.53. The lowest BCUT2D eigenvalue weighted by Gasteiger charge is -2.04. The van der Waals surface area contributed by atoms with E-state index in [4.69, 9.17) is 10.2 Å². The highest BCUT2D eigenvalue weighted by Crippen LogP contribution is 2.03. The minimum atomic E-state index is 0.306. The summed E-state index contributed by atoms with van der Waals surface area (Å²) in [5.74, 6) is 0.981. The Morgan fingerprint density at radius 1 is 0.917 bits per heavy atom. The summed E-state index contributed by atoms with van der Waals surface area (Å²) in [5, 5.41) is 16.7. The van der Waals surface area contributed by atoms with E-state index < -0.39 is 0 Å². The second-order valence-corrected chi connectivity index (χ2v) is 3.44. The van der Waals surface area contributed by atoms with Crippen molar-refractivity contribution in [1.82, 2.24) is 0 Å². The fraction of sp³-hybridized carbons (Fsp3) is 1.00. The van der Waals surface area contributed by atoms with Gasteiger partial charge in [0.05, 0.1) is 0 Å². The van der Waals surface area contributed by atoms with E-state index in [1.165, 1.54) is 0 Å². The molecule has 76 valence electrons. The Morgan fingerprint density at radius 3 is 1.25 bits per heavy atom. The molecule has 2 heteroatoms. The molecule has 0 bridgehead atoms. The van der Waals surface area contributed by atoms with Crippen LogP contribution in [0.15, 0.2) is 0 Å². The third-order valence-corrected chi connectivity index (χ3v) is 1.78. The average Bonchev–Trinajstić information content (AvgIpc) is 2.09. The van der Waals surface area contributed by atoms with E-state index in [0.717, 1.165) is 12.8 Å². The Morgan fingerprint density at radius 2 is 1.25 bits per heavy atom. The molecule has 0 unspecified atom stereocenters. The Labute approximate surface area is 76.6 Å². The molecule has 0 aromatic carbocycles. The zero-order valence-corrected chi connectivity index (χ0v) is 8.88. The van der Waals surface area contributed by atoms with Crippen molar-refractivity contribution in [2.45, 2.75) is 40.5 Å². The summed E-state index contributed by atoms with van der Waals surface area (Å²) in [4.78, 5) is 0. The van der Waals surface area contributed by atoms with Crippen molar-refractivity contribution in [2.24, 2.45) is 11.8 Å². The second-order valence-electron chi connectivity index (χ2n) is 3.44. The number of hydrogen-bond acceptors (Lipinski definition) is 2. The van der Waals surface area contributed by atoms with E-state index in [-0.39, 0.29) is 0 Å². The summed E-state index contributed by atoms with van der Waals surface area (Å²) >= 11 is 0. The van der Waals surface area contributed by atoms with Crippen LogP contribution in [0.4, 0.5) is 0 Å². The Hall–Kier alpha value is -0.0800. The summed E-state index contributed by atoms with van der Waals surface area (Å²) in [6, 6.07) is 0. The molecule has 0 saturated heterocycles. The summed E-state index contributed by atoms with van der Waals surface area (Å²) < 4.78 is 0. The number of aliphatic hydroxyl groups is 2. The van der Waals surface area contributed by atoms with Crippen LogP contribution in [0.5, 0.6) is 0 Å². The van der Waals surface area contributed by atoms with Crippen molar-refractivity contribution < 1.29 is 10.2 Å². The van der Waals surface area contributed by atoms with Crippen LogP contribution in [0.25, 0.3) is 0 Å². The molecule has 0 aliphatic rings. The zero-order chi connectivity index (χ0) is 9.98. The van der Waals surface area contributed by atoms with Gasteiger partial charge >= 0.3 is 0 Å². The monoisotopic (exact) mass is 176 g/mol. The molecule has 0 fully saturated rings.